The number of benzene rings is 1. The highest BCUT2D eigenvalue weighted by Gasteiger charge is 2.30. The number of aryl methyl sites for hydroxylation is 1. The smallest absolute Gasteiger partial charge is 0.303 e. The Hall–Kier alpha value is -4.28. The lowest BCUT2D eigenvalue weighted by molar-refractivity contribution is -0.137. The molecule has 1 aliphatic carbocycles. The first-order valence-corrected chi connectivity index (χ1v) is 14.1. The van der Waals surface area contributed by atoms with Crippen molar-refractivity contribution in [3.8, 4) is 28.4 Å². The van der Waals surface area contributed by atoms with Crippen molar-refractivity contribution >= 4 is 23.5 Å². The van der Waals surface area contributed by atoms with Crippen LogP contribution in [0.25, 0.3) is 11.1 Å². The molecule has 3 rings (SSSR count). The maximum Gasteiger partial charge on any atom is 0.303 e. The maximum absolute atomic E-state index is 13.7. The van der Waals surface area contributed by atoms with Crippen LogP contribution in [0.2, 0.25) is 0 Å². The first kappa shape index (κ1) is 32.2. The van der Waals surface area contributed by atoms with Crippen molar-refractivity contribution in [2.75, 3.05) is 33.2 Å². The number of amides is 2. The lowest BCUT2D eigenvalue weighted by Crippen LogP contribution is -2.44. The minimum atomic E-state index is -0.930. The second-order valence-electron chi connectivity index (χ2n) is 10.4. The molecule has 0 fully saturated rings. The van der Waals surface area contributed by atoms with E-state index >= 15 is 0 Å². The summed E-state index contributed by atoms with van der Waals surface area (Å²) in [7, 11) is 4.61. The number of ether oxygens (including phenoxy) is 3. The molecule has 0 aromatic heterocycles. The summed E-state index contributed by atoms with van der Waals surface area (Å²) in [6, 6.07) is 5.64. The molecule has 0 radical (unpaired) electrons. The number of methoxy groups -OCH3 is 3. The third-order valence-corrected chi connectivity index (χ3v) is 7.59. The summed E-state index contributed by atoms with van der Waals surface area (Å²) < 4.78 is 17.0. The number of nitrogens with one attached hydrogen (secondary N) is 3. The fraction of sp³-hybridized carbons (Fsp3) is 0.484. The Morgan fingerprint density at radius 1 is 1.07 bits per heavy atom. The van der Waals surface area contributed by atoms with Crippen LogP contribution >= 0.6 is 0 Å². The number of fused-ring (bicyclic) bond motifs is 3. The van der Waals surface area contributed by atoms with Gasteiger partial charge in [0, 0.05) is 25.5 Å². The topological polar surface area (TPSA) is 152 Å². The number of carboxylic acid groups (broad SMARTS) is 1. The molecule has 228 valence electrons. The number of rotatable bonds is 13. The Morgan fingerprint density at radius 2 is 1.79 bits per heavy atom. The molecule has 0 saturated carbocycles. The van der Waals surface area contributed by atoms with Gasteiger partial charge in [-0.15, -0.1) is 0 Å². The molecule has 0 aliphatic heterocycles. The quantitative estimate of drug-likeness (QED) is 0.259. The zero-order valence-electron chi connectivity index (χ0n) is 25.1. The summed E-state index contributed by atoms with van der Waals surface area (Å²) in [5.74, 6) is -0.244. The molecule has 42 heavy (non-hydrogen) atoms. The minimum absolute atomic E-state index is 0.0520. The molecule has 4 N–H and O–H groups in total. The van der Waals surface area contributed by atoms with Gasteiger partial charge >= 0.3 is 5.97 Å². The Bertz CT molecular complexity index is 1380. The van der Waals surface area contributed by atoms with Crippen LogP contribution in [-0.4, -0.2) is 56.8 Å². The van der Waals surface area contributed by atoms with E-state index in [9.17, 15) is 19.2 Å². The lowest BCUT2D eigenvalue weighted by atomic mass is 9.95. The van der Waals surface area contributed by atoms with E-state index in [1.165, 1.54) is 27.2 Å². The summed E-state index contributed by atoms with van der Waals surface area (Å²) in [5, 5.41) is 17.8. The largest absolute Gasteiger partial charge is 0.493 e. The van der Waals surface area contributed by atoms with E-state index < -0.39 is 18.1 Å². The van der Waals surface area contributed by atoms with Gasteiger partial charge < -0.3 is 35.3 Å². The summed E-state index contributed by atoms with van der Waals surface area (Å²) in [6.45, 7) is 5.50. The molecule has 2 aromatic carbocycles. The van der Waals surface area contributed by atoms with E-state index in [0.29, 0.717) is 54.1 Å². The van der Waals surface area contributed by atoms with Gasteiger partial charge in [-0.05, 0) is 60.1 Å². The number of hydrogen-bond acceptors (Lipinski definition) is 8. The average Bonchev–Trinajstić information content (AvgIpc) is 3.20. The third kappa shape index (κ3) is 7.32. The zero-order chi connectivity index (χ0) is 31.0. The van der Waals surface area contributed by atoms with Gasteiger partial charge in [0.05, 0.1) is 33.1 Å². The van der Waals surface area contributed by atoms with Gasteiger partial charge in [0.25, 0.3) is 0 Å². The van der Waals surface area contributed by atoms with Crippen LogP contribution in [0.15, 0.2) is 29.1 Å². The summed E-state index contributed by atoms with van der Waals surface area (Å²) >= 11 is 0. The van der Waals surface area contributed by atoms with Crippen molar-refractivity contribution in [2.45, 2.75) is 65.0 Å². The average molecular weight is 584 g/mol. The summed E-state index contributed by atoms with van der Waals surface area (Å²) in [5.41, 5.74) is 2.81. The normalized spacial score (nSPS) is 15.1. The SMILES string of the molecule is CCC(C)C(Nc1ccc2c(cc1=O)C(NC(C)=O)CCc1cc(OC)c(OC)c(OC)c1-2)C(=O)NCCCC(=O)O. The Morgan fingerprint density at radius 3 is 2.38 bits per heavy atom. The Balaban J connectivity index is 2.15. The van der Waals surface area contributed by atoms with Crippen molar-refractivity contribution in [3.05, 3.63) is 45.6 Å². The number of hydrogen-bond donors (Lipinski definition) is 4. The highest BCUT2D eigenvalue weighted by Crippen LogP contribution is 2.50. The maximum atomic E-state index is 13.7. The zero-order valence-corrected chi connectivity index (χ0v) is 25.1. The minimum Gasteiger partial charge on any atom is -0.493 e. The van der Waals surface area contributed by atoms with Crippen LogP contribution in [0.3, 0.4) is 0 Å². The fourth-order valence-corrected chi connectivity index (χ4v) is 5.26. The molecule has 0 bridgehead atoms. The summed E-state index contributed by atoms with van der Waals surface area (Å²) in [6.07, 6.45) is 2.02. The molecule has 11 nitrogen and oxygen atoms in total. The van der Waals surface area contributed by atoms with Gasteiger partial charge in [0.2, 0.25) is 23.0 Å². The van der Waals surface area contributed by atoms with E-state index in [0.717, 1.165) is 11.1 Å². The first-order valence-electron chi connectivity index (χ1n) is 14.1. The molecule has 3 unspecified atom stereocenters. The molecule has 0 heterocycles. The van der Waals surface area contributed by atoms with E-state index in [1.807, 2.05) is 19.9 Å². The number of carbonyl (C=O) groups is 3. The van der Waals surface area contributed by atoms with Crippen LogP contribution < -0.4 is 35.6 Å². The second-order valence-corrected chi connectivity index (χ2v) is 10.4. The molecular formula is C31H41N3O8. The molecule has 2 aromatic rings. The number of anilines is 1. The van der Waals surface area contributed by atoms with Crippen molar-refractivity contribution in [1.82, 2.24) is 10.6 Å². The van der Waals surface area contributed by atoms with Crippen LogP contribution in [0, 0.1) is 5.92 Å². The van der Waals surface area contributed by atoms with Gasteiger partial charge in [-0.3, -0.25) is 19.2 Å². The molecule has 0 saturated heterocycles. The first-order chi connectivity index (χ1) is 20.1. The van der Waals surface area contributed by atoms with Gasteiger partial charge in [-0.2, -0.15) is 0 Å². The standard InChI is InChI=1S/C31H41N3O8/c1-7-17(2)28(31(39)32-14-8-9-26(37)38)34-23-13-11-20-21(16-24(23)36)22(33-18(3)35)12-10-19-15-25(40-4)29(41-5)30(42-6)27(19)20/h11,13,15-17,22,28H,7-10,12,14H2,1-6H3,(H,32,39)(H,33,35)(H,34,36)(H,37,38). The monoisotopic (exact) mass is 583 g/mol. The van der Waals surface area contributed by atoms with Gasteiger partial charge in [-0.25, -0.2) is 0 Å². The van der Waals surface area contributed by atoms with Crippen molar-refractivity contribution in [2.24, 2.45) is 5.92 Å². The fourth-order valence-electron chi connectivity index (χ4n) is 5.26. The summed E-state index contributed by atoms with van der Waals surface area (Å²) in [4.78, 5) is 49.8. The van der Waals surface area contributed by atoms with Crippen LogP contribution in [0.4, 0.5) is 5.69 Å². The molecule has 11 heteroatoms. The molecule has 1 aliphatic rings. The molecule has 2 amide bonds. The van der Waals surface area contributed by atoms with Gasteiger partial charge in [0.1, 0.15) is 6.04 Å². The Labute approximate surface area is 245 Å². The van der Waals surface area contributed by atoms with Crippen LogP contribution in [-0.2, 0) is 20.8 Å². The van der Waals surface area contributed by atoms with Crippen molar-refractivity contribution in [3.63, 3.8) is 0 Å². The van der Waals surface area contributed by atoms with E-state index in [1.54, 1.807) is 19.2 Å². The van der Waals surface area contributed by atoms with Crippen molar-refractivity contribution in [1.29, 1.82) is 0 Å². The highest BCUT2D eigenvalue weighted by atomic mass is 16.5. The third-order valence-electron chi connectivity index (χ3n) is 7.59. The predicted octanol–water partition coefficient (Wildman–Crippen LogP) is 3.67. The van der Waals surface area contributed by atoms with E-state index in [-0.39, 0.29) is 41.8 Å². The van der Waals surface area contributed by atoms with Crippen molar-refractivity contribution < 1.29 is 33.7 Å². The van der Waals surface area contributed by atoms with Crippen LogP contribution in [0.1, 0.15) is 63.6 Å². The lowest BCUT2D eigenvalue weighted by Gasteiger charge is -2.24. The molecule has 0 spiro atoms. The van der Waals surface area contributed by atoms with Gasteiger partial charge in [0.15, 0.2) is 11.5 Å². The number of carbonyl (C=O) groups excluding carboxylic acids is 2. The van der Waals surface area contributed by atoms with E-state index in [2.05, 4.69) is 16.0 Å². The predicted molar refractivity (Wildman–Crippen MR) is 159 cm³/mol. The second kappa shape index (κ2) is 14.6. The Kier molecular flexibility index (Phi) is 11.2. The molecular weight excluding hydrogens is 542 g/mol. The number of aliphatic carboxylic acids is 1. The highest BCUT2D eigenvalue weighted by molar-refractivity contribution is 5.86. The number of carboxylic acids is 1. The van der Waals surface area contributed by atoms with Gasteiger partial charge in [-0.1, -0.05) is 26.3 Å². The van der Waals surface area contributed by atoms with E-state index in [4.69, 9.17) is 19.3 Å². The van der Waals surface area contributed by atoms with Crippen LogP contribution in [0.5, 0.6) is 17.2 Å². The molecule has 3 atom stereocenters.